The first-order valence-electron chi connectivity index (χ1n) is 6.54. The van der Waals surface area contributed by atoms with Gasteiger partial charge in [0, 0.05) is 13.0 Å². The second-order valence-corrected chi connectivity index (χ2v) is 6.03. The van der Waals surface area contributed by atoms with Gasteiger partial charge in [0.2, 0.25) is 0 Å². The summed E-state index contributed by atoms with van der Waals surface area (Å²) in [6, 6.07) is -0.949. The molecular weight excluding hydrogens is 266 g/mol. The minimum absolute atomic E-state index is 0.0777. The lowest BCUT2D eigenvalue weighted by atomic mass is 9.90. The molecule has 1 rings (SSSR count). The Bertz CT molecular complexity index is 400. The largest absolute Gasteiger partial charge is 0.481 e. The minimum Gasteiger partial charge on any atom is -0.481 e. The number of carbonyl (C=O) groups excluding carboxylic acids is 1. The van der Waals surface area contributed by atoms with Crippen LogP contribution >= 0.6 is 0 Å². The molecule has 2 N–H and O–H groups in total. The summed E-state index contributed by atoms with van der Waals surface area (Å²) in [5.74, 6) is -2.28. The molecule has 7 nitrogen and oxygen atoms in total. The lowest BCUT2D eigenvalue weighted by Gasteiger charge is -2.37. The third kappa shape index (κ3) is 4.71. The summed E-state index contributed by atoms with van der Waals surface area (Å²) in [6.07, 6.45) is -0.0687. The van der Waals surface area contributed by atoms with Crippen LogP contribution in [0.4, 0.5) is 4.79 Å². The first-order valence-corrected chi connectivity index (χ1v) is 6.54. The third-order valence-electron chi connectivity index (χ3n) is 3.06. The van der Waals surface area contributed by atoms with E-state index in [0.29, 0.717) is 6.42 Å². The molecule has 1 amide bonds. The molecule has 0 radical (unpaired) electrons. The van der Waals surface area contributed by atoms with Crippen molar-refractivity contribution in [3.8, 4) is 0 Å². The Hall–Kier alpha value is -1.79. The Morgan fingerprint density at radius 1 is 1.20 bits per heavy atom. The van der Waals surface area contributed by atoms with E-state index in [1.165, 1.54) is 0 Å². The van der Waals surface area contributed by atoms with Gasteiger partial charge in [-0.05, 0) is 39.5 Å². The van der Waals surface area contributed by atoms with Gasteiger partial charge in [0.25, 0.3) is 0 Å². The monoisotopic (exact) mass is 287 g/mol. The van der Waals surface area contributed by atoms with Crippen LogP contribution in [0.3, 0.4) is 0 Å². The minimum atomic E-state index is -1.09. The summed E-state index contributed by atoms with van der Waals surface area (Å²) in [5.41, 5.74) is -0.722. The highest BCUT2D eigenvalue weighted by atomic mass is 16.6. The van der Waals surface area contributed by atoms with Gasteiger partial charge in [0.15, 0.2) is 0 Å². The number of nitrogens with zero attached hydrogens (tertiary/aromatic N) is 1. The Kier molecular flexibility index (Phi) is 4.97. The van der Waals surface area contributed by atoms with Crippen molar-refractivity contribution in [3.05, 3.63) is 0 Å². The van der Waals surface area contributed by atoms with Gasteiger partial charge in [0.1, 0.15) is 11.6 Å². The van der Waals surface area contributed by atoms with Crippen LogP contribution in [0.1, 0.15) is 40.0 Å². The zero-order chi connectivity index (χ0) is 15.5. The Morgan fingerprint density at radius 3 is 2.25 bits per heavy atom. The van der Waals surface area contributed by atoms with Gasteiger partial charge >= 0.3 is 18.0 Å². The molecule has 0 saturated carbocycles. The maximum atomic E-state index is 12.1. The number of hydrogen-bond donors (Lipinski definition) is 2. The first-order chi connectivity index (χ1) is 9.10. The third-order valence-corrected chi connectivity index (χ3v) is 3.06. The number of carboxylic acid groups (broad SMARTS) is 2. The molecule has 114 valence electrons. The van der Waals surface area contributed by atoms with E-state index in [-0.39, 0.29) is 25.3 Å². The van der Waals surface area contributed by atoms with Crippen LogP contribution in [0.15, 0.2) is 0 Å². The highest BCUT2D eigenvalue weighted by molar-refractivity contribution is 5.80. The second-order valence-electron chi connectivity index (χ2n) is 6.03. The van der Waals surface area contributed by atoms with E-state index in [4.69, 9.17) is 14.9 Å². The summed E-state index contributed by atoms with van der Waals surface area (Å²) in [4.78, 5) is 35.1. The predicted octanol–water partition coefficient (Wildman–Crippen LogP) is 1.56. The molecule has 1 saturated heterocycles. The smallest absolute Gasteiger partial charge is 0.411 e. The summed E-state index contributed by atoms with van der Waals surface area (Å²) in [7, 11) is 0. The van der Waals surface area contributed by atoms with Crippen molar-refractivity contribution in [1.82, 2.24) is 4.90 Å². The Morgan fingerprint density at radius 2 is 1.80 bits per heavy atom. The molecule has 2 unspecified atom stereocenters. The molecule has 0 spiro atoms. The molecule has 1 aliphatic rings. The topological polar surface area (TPSA) is 104 Å². The normalized spacial score (nSPS) is 23.2. The number of aliphatic carboxylic acids is 2. The first kappa shape index (κ1) is 16.3. The van der Waals surface area contributed by atoms with Gasteiger partial charge in [-0.1, -0.05) is 0 Å². The molecule has 0 aliphatic carbocycles. The fraction of sp³-hybridized carbons (Fsp3) is 0.769. The number of amides is 1. The van der Waals surface area contributed by atoms with E-state index in [1.807, 2.05) is 0 Å². The molecule has 0 bridgehead atoms. The van der Waals surface area contributed by atoms with E-state index >= 15 is 0 Å². The van der Waals surface area contributed by atoms with Gasteiger partial charge in [-0.25, -0.2) is 9.59 Å². The van der Waals surface area contributed by atoms with Gasteiger partial charge in [-0.15, -0.1) is 0 Å². The fourth-order valence-electron chi connectivity index (χ4n) is 2.24. The molecule has 0 aromatic rings. The number of likely N-dealkylation sites (tertiary alicyclic amines) is 1. The van der Waals surface area contributed by atoms with Crippen LogP contribution in [0.5, 0.6) is 0 Å². The van der Waals surface area contributed by atoms with Crippen molar-refractivity contribution in [2.75, 3.05) is 6.54 Å². The van der Waals surface area contributed by atoms with Gasteiger partial charge in [-0.2, -0.15) is 0 Å². The Labute approximate surface area is 117 Å². The van der Waals surface area contributed by atoms with E-state index in [1.54, 1.807) is 20.8 Å². The molecule has 20 heavy (non-hydrogen) atoms. The average molecular weight is 287 g/mol. The molecule has 7 heteroatoms. The number of piperidine rings is 1. The molecular formula is C13H21NO6. The maximum Gasteiger partial charge on any atom is 0.411 e. The maximum absolute atomic E-state index is 12.1. The molecule has 1 fully saturated rings. The summed E-state index contributed by atoms with van der Waals surface area (Å²) in [6.45, 7) is 5.18. The van der Waals surface area contributed by atoms with Crippen molar-refractivity contribution in [2.45, 2.75) is 51.7 Å². The van der Waals surface area contributed by atoms with Crippen molar-refractivity contribution >= 4 is 18.0 Å². The number of rotatable bonds is 3. The van der Waals surface area contributed by atoms with E-state index < -0.39 is 29.7 Å². The molecule has 1 aliphatic heterocycles. The summed E-state index contributed by atoms with van der Waals surface area (Å²) < 4.78 is 5.19. The van der Waals surface area contributed by atoms with Crippen LogP contribution in [-0.2, 0) is 14.3 Å². The van der Waals surface area contributed by atoms with Gasteiger partial charge in [-0.3, -0.25) is 9.69 Å². The average Bonchev–Trinajstić information content (AvgIpc) is 2.25. The molecule has 2 atom stereocenters. The van der Waals surface area contributed by atoms with E-state index in [0.717, 1.165) is 4.90 Å². The van der Waals surface area contributed by atoms with Gasteiger partial charge in [0.05, 0.1) is 0 Å². The Balaban J connectivity index is 2.80. The number of carboxylic acids is 2. The fourth-order valence-corrected chi connectivity index (χ4v) is 2.24. The van der Waals surface area contributed by atoms with Crippen LogP contribution in [0, 0.1) is 5.92 Å². The van der Waals surface area contributed by atoms with E-state index in [9.17, 15) is 14.4 Å². The number of carbonyl (C=O) groups is 3. The quantitative estimate of drug-likeness (QED) is 0.816. The summed E-state index contributed by atoms with van der Waals surface area (Å²) in [5, 5.41) is 18.0. The highest BCUT2D eigenvalue weighted by Gasteiger charge is 2.38. The van der Waals surface area contributed by atoms with Crippen LogP contribution in [0.2, 0.25) is 0 Å². The molecule has 1 heterocycles. The standard InChI is InChI=1S/C13H21NO6/c1-13(2,3)20-12(19)14-7-8(6-10(15)16)4-5-9(14)11(17)18/h8-9H,4-7H2,1-3H3,(H,15,16)(H,17,18). The van der Waals surface area contributed by atoms with Crippen molar-refractivity contribution < 1.29 is 29.3 Å². The molecule has 0 aromatic heterocycles. The second kappa shape index (κ2) is 6.11. The van der Waals surface area contributed by atoms with Crippen LogP contribution in [-0.4, -0.2) is 51.3 Å². The van der Waals surface area contributed by atoms with Crippen LogP contribution in [0.25, 0.3) is 0 Å². The lowest BCUT2D eigenvalue weighted by molar-refractivity contribution is -0.145. The molecule has 0 aromatic carbocycles. The highest BCUT2D eigenvalue weighted by Crippen LogP contribution is 2.26. The zero-order valence-corrected chi connectivity index (χ0v) is 12.0. The van der Waals surface area contributed by atoms with E-state index in [2.05, 4.69) is 0 Å². The lowest BCUT2D eigenvalue weighted by Crippen LogP contribution is -2.52. The van der Waals surface area contributed by atoms with Crippen molar-refractivity contribution in [1.29, 1.82) is 0 Å². The summed E-state index contributed by atoms with van der Waals surface area (Å²) >= 11 is 0. The van der Waals surface area contributed by atoms with Crippen molar-refractivity contribution in [2.24, 2.45) is 5.92 Å². The SMILES string of the molecule is CC(C)(C)OC(=O)N1CC(CC(=O)O)CCC1C(=O)O. The zero-order valence-electron chi connectivity index (χ0n) is 12.0. The predicted molar refractivity (Wildman–Crippen MR) is 69.3 cm³/mol. The number of hydrogen-bond acceptors (Lipinski definition) is 4. The van der Waals surface area contributed by atoms with Crippen molar-refractivity contribution in [3.63, 3.8) is 0 Å². The van der Waals surface area contributed by atoms with Gasteiger partial charge < -0.3 is 14.9 Å². The number of ether oxygens (including phenoxy) is 1. The van der Waals surface area contributed by atoms with Crippen LogP contribution < -0.4 is 0 Å².